The van der Waals surface area contributed by atoms with E-state index in [1.807, 2.05) is 48.5 Å². The number of nitrogens with zero attached hydrogens (tertiary/aromatic N) is 5. The topological polar surface area (TPSA) is 130 Å². The Kier molecular flexibility index (Phi) is 9.42. The van der Waals surface area contributed by atoms with E-state index in [1.54, 1.807) is 41.5 Å². The zero-order valence-corrected chi connectivity index (χ0v) is 27.4. The first kappa shape index (κ1) is 30.6. The van der Waals surface area contributed by atoms with E-state index in [0.717, 1.165) is 34.4 Å². The molecule has 213 valence electrons. The van der Waals surface area contributed by atoms with Gasteiger partial charge in [-0.2, -0.15) is 10.1 Å². The van der Waals surface area contributed by atoms with Crippen molar-refractivity contribution < 1.29 is 14.0 Å². The number of rotatable bonds is 9. The molecule has 6 rings (SSSR count). The van der Waals surface area contributed by atoms with Gasteiger partial charge in [0.15, 0.2) is 17.3 Å². The molecule has 0 unspecified atom stereocenters. The van der Waals surface area contributed by atoms with Crippen LogP contribution in [0.25, 0.3) is 34.0 Å². The number of H-pyrrole nitrogens is 1. The third-order valence-electron chi connectivity index (χ3n) is 7.18. The van der Waals surface area contributed by atoms with Crippen LogP contribution in [0.15, 0.2) is 87.2 Å². The van der Waals surface area contributed by atoms with Gasteiger partial charge in [0.25, 0.3) is 5.56 Å². The molecule has 0 fully saturated rings. The summed E-state index contributed by atoms with van der Waals surface area (Å²) in [5.41, 5.74) is 5.42. The van der Waals surface area contributed by atoms with Crippen LogP contribution in [0.1, 0.15) is 30.2 Å². The summed E-state index contributed by atoms with van der Waals surface area (Å²) >= 11 is 0. The van der Waals surface area contributed by atoms with Crippen molar-refractivity contribution in [2.24, 2.45) is 0 Å². The molecule has 0 spiro atoms. The Bertz CT molecular complexity index is 2010. The van der Waals surface area contributed by atoms with E-state index in [2.05, 4.69) is 27.1 Å². The van der Waals surface area contributed by atoms with E-state index in [-0.39, 0.29) is 56.9 Å². The van der Waals surface area contributed by atoms with Crippen LogP contribution in [0.4, 0.5) is 0 Å². The molecule has 3 aromatic heterocycles. The van der Waals surface area contributed by atoms with E-state index in [4.69, 9.17) is 14.0 Å². The molecule has 43 heavy (non-hydrogen) atoms. The summed E-state index contributed by atoms with van der Waals surface area (Å²) in [5.74, 6) is 1.25. The number of methoxy groups -OCH3 is 2. The number of ether oxygens (including phenoxy) is 2. The van der Waals surface area contributed by atoms with Gasteiger partial charge in [-0.3, -0.25) is 14.3 Å². The van der Waals surface area contributed by atoms with Crippen molar-refractivity contribution in [2.75, 3.05) is 14.2 Å². The smallest absolute Gasteiger partial charge is 0.439 e. The second kappa shape index (κ2) is 13.2. The second-order valence-corrected chi connectivity index (χ2v) is 9.69. The van der Waals surface area contributed by atoms with E-state index in [0.29, 0.717) is 47.2 Å². The van der Waals surface area contributed by atoms with E-state index < -0.39 is 5.76 Å². The van der Waals surface area contributed by atoms with Gasteiger partial charge < -0.3 is 9.47 Å². The Morgan fingerprint density at radius 1 is 0.930 bits per heavy atom. The summed E-state index contributed by atoms with van der Waals surface area (Å²) in [6.07, 6.45) is 3.36. The zero-order chi connectivity index (χ0) is 29.2. The van der Waals surface area contributed by atoms with Gasteiger partial charge in [0.05, 0.1) is 25.6 Å². The molecule has 0 bridgehead atoms. The number of aromatic nitrogens is 6. The number of benzene rings is 3. The average molecular weight is 604 g/mol. The Labute approximate surface area is 288 Å². The third kappa shape index (κ3) is 5.88. The maximum Gasteiger partial charge on any atom is 0.439 e. The van der Waals surface area contributed by atoms with Crippen molar-refractivity contribution in [1.82, 2.24) is 29.3 Å². The predicted molar refractivity (Wildman–Crippen MR) is 162 cm³/mol. The molecule has 3 aromatic carbocycles. The minimum atomic E-state index is -0.610. The predicted octanol–water partition coefficient (Wildman–Crippen LogP) is 4.07. The van der Waals surface area contributed by atoms with Gasteiger partial charge in [-0.05, 0) is 35.2 Å². The van der Waals surface area contributed by atoms with Crippen LogP contribution in [-0.2, 0) is 12.8 Å². The zero-order valence-electron chi connectivity index (χ0n) is 24.3. The fraction of sp³-hybridized carbons (Fsp3) is 0.194. The largest absolute Gasteiger partial charge is 0.493 e. The molecule has 12 heteroatoms. The summed E-state index contributed by atoms with van der Waals surface area (Å²) in [6.45, 7) is 2.07. The summed E-state index contributed by atoms with van der Waals surface area (Å²) in [6, 6.07) is 20.9. The number of fused-ring (bicyclic) bond motifs is 1. The Balaban J connectivity index is 0.00000368. The molecule has 11 nitrogen and oxygen atoms in total. The normalized spacial score (nSPS) is 11.0. The van der Waals surface area contributed by atoms with E-state index in [1.165, 1.54) is 6.33 Å². The molecule has 0 aliphatic heterocycles. The molecule has 0 aliphatic carbocycles. The van der Waals surface area contributed by atoms with Crippen LogP contribution < -0.4 is 20.8 Å². The first-order chi connectivity index (χ1) is 20.5. The number of nitrogens with one attached hydrogen (secondary N) is 1. The number of hydrogen-bond donors (Lipinski definition) is 1. The molecule has 6 aromatic rings. The monoisotopic (exact) mass is 603 g/mol. The van der Waals surface area contributed by atoms with Gasteiger partial charge in [-0.1, -0.05) is 67.0 Å². The van der Waals surface area contributed by atoms with Crippen LogP contribution >= 0.6 is 0 Å². The Hall–Kier alpha value is -3.81. The summed E-state index contributed by atoms with van der Waals surface area (Å²) in [5, 5.41) is 8.34. The fourth-order valence-electron chi connectivity index (χ4n) is 5.22. The van der Waals surface area contributed by atoms with Gasteiger partial charge in [0.1, 0.15) is 6.33 Å². The summed E-state index contributed by atoms with van der Waals surface area (Å²) in [4.78, 5) is 32.8. The first-order valence-corrected chi connectivity index (χ1v) is 13.5. The second-order valence-electron chi connectivity index (χ2n) is 9.69. The molecule has 0 atom stereocenters. The standard InChI is InChI=1S/C31H28N6O5.K/c1-4-7-25-24(29(38)36(30-32-18-33-37(25)30)21-14-15-26(40-2)27(17-21)41-3)16-19-10-12-20(13-11-19)22-8-5-6-9-23(22)28-34-31(39)42-35-28;/h5-6,8-15,17-18H,4,7,16H2,1-3H3,(H,34,35,39);. The number of hydrogen-bond acceptors (Lipinski definition) is 8. The van der Waals surface area contributed by atoms with Crippen LogP contribution in [-0.4, -0.2) is 94.9 Å². The van der Waals surface area contributed by atoms with Crippen molar-refractivity contribution >= 4 is 57.2 Å². The van der Waals surface area contributed by atoms with E-state index >= 15 is 0 Å². The summed E-state index contributed by atoms with van der Waals surface area (Å²) in [7, 11) is 3.12. The van der Waals surface area contributed by atoms with Crippen LogP contribution in [0.5, 0.6) is 11.5 Å². The maximum atomic E-state index is 14.2. The van der Waals surface area contributed by atoms with Crippen molar-refractivity contribution in [1.29, 1.82) is 0 Å². The first-order valence-electron chi connectivity index (χ1n) is 13.5. The maximum absolute atomic E-state index is 14.2. The Morgan fingerprint density at radius 3 is 2.35 bits per heavy atom. The molecule has 1 radical (unpaired) electrons. The van der Waals surface area contributed by atoms with Crippen LogP contribution in [0.3, 0.4) is 0 Å². The SMILES string of the molecule is CCCc1c(Cc2ccc(-c3ccccc3-c3noc(=O)[nH]3)cc2)c(=O)n(-c2ccc(OC)c(OC)c2)c2ncnn12.[K]. The average Bonchev–Trinajstić information content (AvgIpc) is 3.68. The van der Waals surface area contributed by atoms with Crippen molar-refractivity contribution in [3.05, 3.63) is 111 Å². The molecular formula is C31H28KN6O5. The van der Waals surface area contributed by atoms with Crippen molar-refractivity contribution in [2.45, 2.75) is 26.2 Å². The number of aryl methyl sites for hydroxylation is 1. The van der Waals surface area contributed by atoms with Gasteiger partial charge in [0, 0.05) is 75.0 Å². The molecule has 0 saturated carbocycles. The van der Waals surface area contributed by atoms with Gasteiger partial charge >= 0.3 is 5.76 Å². The Morgan fingerprint density at radius 2 is 1.67 bits per heavy atom. The van der Waals surface area contributed by atoms with Crippen LogP contribution in [0, 0.1) is 0 Å². The molecule has 3 heterocycles. The molecule has 1 N–H and O–H groups in total. The van der Waals surface area contributed by atoms with Gasteiger partial charge in [0.2, 0.25) is 5.78 Å². The van der Waals surface area contributed by atoms with Crippen molar-refractivity contribution in [3.8, 4) is 39.7 Å². The molecular weight excluding hydrogens is 575 g/mol. The quantitative estimate of drug-likeness (QED) is 0.245. The van der Waals surface area contributed by atoms with E-state index in [9.17, 15) is 9.59 Å². The van der Waals surface area contributed by atoms with Gasteiger partial charge in [-0.25, -0.2) is 13.9 Å². The molecule has 0 saturated heterocycles. The molecule has 0 aliphatic rings. The minimum absolute atomic E-state index is 0. The van der Waals surface area contributed by atoms with Crippen molar-refractivity contribution in [3.63, 3.8) is 0 Å². The fourth-order valence-corrected chi connectivity index (χ4v) is 5.22. The number of aromatic amines is 1. The minimum Gasteiger partial charge on any atom is -0.493 e. The third-order valence-corrected chi connectivity index (χ3v) is 7.18. The summed E-state index contributed by atoms with van der Waals surface area (Å²) < 4.78 is 18.9. The molecule has 0 amide bonds. The van der Waals surface area contributed by atoms with Crippen LogP contribution in [0.2, 0.25) is 0 Å². The van der Waals surface area contributed by atoms with Gasteiger partial charge in [-0.15, -0.1) is 0 Å².